The van der Waals surface area contributed by atoms with Gasteiger partial charge in [-0.3, -0.25) is 9.59 Å². The highest BCUT2D eigenvalue weighted by Crippen LogP contribution is 2.11. The van der Waals surface area contributed by atoms with Crippen molar-refractivity contribution in [3.8, 4) is 0 Å². The molecular formula is C14H22N2O4. The van der Waals surface area contributed by atoms with E-state index < -0.39 is 5.97 Å². The zero-order valence-electron chi connectivity index (χ0n) is 12.3. The maximum Gasteiger partial charge on any atom is 0.303 e. The molecule has 0 spiro atoms. The van der Waals surface area contributed by atoms with Crippen molar-refractivity contribution in [3.63, 3.8) is 0 Å². The lowest BCUT2D eigenvalue weighted by Crippen LogP contribution is -2.36. The van der Waals surface area contributed by atoms with Crippen LogP contribution < -0.4 is 0 Å². The highest BCUT2D eigenvalue weighted by Gasteiger charge is 2.16. The van der Waals surface area contributed by atoms with Crippen LogP contribution in [0.1, 0.15) is 24.4 Å². The van der Waals surface area contributed by atoms with Crippen LogP contribution in [0.4, 0.5) is 0 Å². The third-order valence-electron chi connectivity index (χ3n) is 2.87. The summed E-state index contributed by atoms with van der Waals surface area (Å²) in [5.41, 5.74) is 0. The predicted molar refractivity (Wildman–Crippen MR) is 74.3 cm³/mol. The molecule has 20 heavy (non-hydrogen) atoms. The molecule has 1 rings (SSSR count). The predicted octanol–water partition coefficient (Wildman–Crippen LogP) is 1.34. The summed E-state index contributed by atoms with van der Waals surface area (Å²) in [6.45, 7) is 3.49. The zero-order chi connectivity index (χ0) is 15.1. The third kappa shape index (κ3) is 5.88. The zero-order valence-corrected chi connectivity index (χ0v) is 12.3. The van der Waals surface area contributed by atoms with Crippen LogP contribution >= 0.6 is 0 Å². The van der Waals surface area contributed by atoms with E-state index in [1.54, 1.807) is 4.90 Å². The van der Waals surface area contributed by atoms with E-state index in [0.29, 0.717) is 18.8 Å². The fraction of sp³-hybridized carbons (Fsp3) is 0.571. The summed E-state index contributed by atoms with van der Waals surface area (Å²) in [6.07, 6.45) is -0.128. The van der Waals surface area contributed by atoms with Gasteiger partial charge in [0.05, 0.1) is 13.0 Å². The number of nitrogens with zero attached hydrogens (tertiary/aromatic N) is 2. The Bertz CT molecular complexity index is 454. The molecule has 1 aromatic rings. The minimum Gasteiger partial charge on any atom is -0.481 e. The molecule has 0 aliphatic heterocycles. The molecule has 0 saturated heterocycles. The minimum absolute atomic E-state index is 0.0163. The monoisotopic (exact) mass is 282 g/mol. The van der Waals surface area contributed by atoms with Crippen molar-refractivity contribution >= 4 is 11.9 Å². The third-order valence-corrected chi connectivity index (χ3v) is 2.87. The standard InChI is InChI=1S/C14H22N2O4/c1-11-4-5-12(20-11)10-16(9-8-15(2)3)13(17)6-7-14(18)19/h4-5H,6-10H2,1-3H3,(H,18,19). The van der Waals surface area contributed by atoms with Gasteiger partial charge in [-0.25, -0.2) is 0 Å². The van der Waals surface area contributed by atoms with Gasteiger partial charge in [-0.2, -0.15) is 0 Å². The van der Waals surface area contributed by atoms with E-state index in [-0.39, 0.29) is 18.7 Å². The van der Waals surface area contributed by atoms with E-state index in [2.05, 4.69) is 0 Å². The molecule has 6 heteroatoms. The van der Waals surface area contributed by atoms with Crippen LogP contribution in [-0.2, 0) is 16.1 Å². The summed E-state index contributed by atoms with van der Waals surface area (Å²) >= 11 is 0. The first-order chi connectivity index (χ1) is 9.38. The smallest absolute Gasteiger partial charge is 0.303 e. The summed E-state index contributed by atoms with van der Waals surface area (Å²) < 4.78 is 5.47. The van der Waals surface area contributed by atoms with Crippen molar-refractivity contribution in [2.45, 2.75) is 26.3 Å². The SMILES string of the molecule is Cc1ccc(CN(CCN(C)C)C(=O)CCC(=O)O)o1. The number of carbonyl (C=O) groups excluding carboxylic acids is 1. The Morgan fingerprint density at radius 1 is 1.20 bits per heavy atom. The van der Waals surface area contributed by atoms with Gasteiger partial charge in [-0.05, 0) is 33.2 Å². The molecule has 112 valence electrons. The molecule has 1 N–H and O–H groups in total. The topological polar surface area (TPSA) is 74.0 Å². The molecule has 6 nitrogen and oxygen atoms in total. The van der Waals surface area contributed by atoms with Crippen LogP contribution in [0.25, 0.3) is 0 Å². The number of carbonyl (C=O) groups is 2. The van der Waals surface area contributed by atoms with Crippen molar-refractivity contribution in [3.05, 3.63) is 23.7 Å². The molecule has 0 unspecified atom stereocenters. The number of rotatable bonds is 8. The second-order valence-corrected chi connectivity index (χ2v) is 5.02. The molecule has 1 amide bonds. The minimum atomic E-state index is -0.959. The number of carboxylic acid groups (broad SMARTS) is 1. The van der Waals surface area contributed by atoms with Gasteiger partial charge in [0.15, 0.2) is 0 Å². The van der Waals surface area contributed by atoms with E-state index in [0.717, 1.165) is 12.3 Å². The van der Waals surface area contributed by atoms with E-state index in [9.17, 15) is 9.59 Å². The molecule has 1 aromatic heterocycles. The number of amides is 1. The molecule has 1 heterocycles. The second kappa shape index (κ2) is 7.69. The summed E-state index contributed by atoms with van der Waals surface area (Å²) in [6, 6.07) is 3.68. The number of aliphatic carboxylic acids is 1. The summed E-state index contributed by atoms with van der Waals surface area (Å²) in [4.78, 5) is 26.2. The molecule has 0 atom stereocenters. The fourth-order valence-corrected chi connectivity index (χ4v) is 1.74. The van der Waals surface area contributed by atoms with Gasteiger partial charge in [0.1, 0.15) is 11.5 Å². The summed E-state index contributed by atoms with van der Waals surface area (Å²) in [7, 11) is 3.86. The molecule has 0 aliphatic rings. The number of likely N-dealkylation sites (N-methyl/N-ethyl adjacent to an activating group) is 1. The van der Waals surface area contributed by atoms with Gasteiger partial charge in [-0.15, -0.1) is 0 Å². The Hall–Kier alpha value is -1.82. The first-order valence-corrected chi connectivity index (χ1v) is 6.58. The quantitative estimate of drug-likeness (QED) is 0.779. The average molecular weight is 282 g/mol. The second-order valence-electron chi connectivity index (χ2n) is 5.02. The Kier molecular flexibility index (Phi) is 6.24. The molecule has 0 aliphatic carbocycles. The van der Waals surface area contributed by atoms with Gasteiger partial charge < -0.3 is 19.3 Å². The number of hydrogen-bond acceptors (Lipinski definition) is 4. The van der Waals surface area contributed by atoms with Crippen molar-refractivity contribution in [1.29, 1.82) is 0 Å². The highest BCUT2D eigenvalue weighted by molar-refractivity contribution is 5.80. The molecule has 0 saturated carbocycles. The lowest BCUT2D eigenvalue weighted by molar-refractivity contribution is -0.141. The van der Waals surface area contributed by atoms with Crippen LogP contribution in [0.3, 0.4) is 0 Å². The van der Waals surface area contributed by atoms with Crippen molar-refractivity contribution in [2.24, 2.45) is 0 Å². The van der Waals surface area contributed by atoms with E-state index in [1.165, 1.54) is 0 Å². The number of furan rings is 1. The Balaban J connectivity index is 2.63. The maximum absolute atomic E-state index is 12.1. The molecule has 0 fully saturated rings. The van der Waals surface area contributed by atoms with Crippen LogP contribution in [0.5, 0.6) is 0 Å². The van der Waals surface area contributed by atoms with Crippen LogP contribution in [-0.4, -0.2) is 54.0 Å². The average Bonchev–Trinajstić information content (AvgIpc) is 2.76. The van der Waals surface area contributed by atoms with E-state index in [4.69, 9.17) is 9.52 Å². The van der Waals surface area contributed by atoms with Crippen LogP contribution in [0.2, 0.25) is 0 Å². The first kappa shape index (κ1) is 16.2. The molecule has 0 radical (unpaired) electrons. The first-order valence-electron chi connectivity index (χ1n) is 6.58. The Labute approximate surface area is 119 Å². The van der Waals surface area contributed by atoms with Crippen molar-refractivity contribution in [1.82, 2.24) is 9.80 Å². The number of carboxylic acids is 1. The van der Waals surface area contributed by atoms with Gasteiger partial charge >= 0.3 is 5.97 Å². The Morgan fingerprint density at radius 3 is 2.40 bits per heavy atom. The molecule has 0 aromatic carbocycles. The fourth-order valence-electron chi connectivity index (χ4n) is 1.74. The lowest BCUT2D eigenvalue weighted by Gasteiger charge is -2.23. The largest absolute Gasteiger partial charge is 0.481 e. The van der Waals surface area contributed by atoms with Gasteiger partial charge in [0.2, 0.25) is 5.91 Å². The molecule has 0 bridgehead atoms. The lowest BCUT2D eigenvalue weighted by atomic mass is 10.2. The van der Waals surface area contributed by atoms with Gasteiger partial charge in [-0.1, -0.05) is 0 Å². The van der Waals surface area contributed by atoms with Crippen LogP contribution in [0.15, 0.2) is 16.5 Å². The van der Waals surface area contributed by atoms with Crippen molar-refractivity contribution < 1.29 is 19.1 Å². The number of hydrogen-bond donors (Lipinski definition) is 1. The maximum atomic E-state index is 12.1. The van der Waals surface area contributed by atoms with E-state index >= 15 is 0 Å². The van der Waals surface area contributed by atoms with Crippen LogP contribution in [0, 0.1) is 6.92 Å². The Morgan fingerprint density at radius 2 is 1.90 bits per heavy atom. The summed E-state index contributed by atoms with van der Waals surface area (Å²) in [5, 5.41) is 8.66. The summed E-state index contributed by atoms with van der Waals surface area (Å²) in [5.74, 6) is 0.388. The number of aryl methyl sites for hydroxylation is 1. The van der Waals surface area contributed by atoms with Crippen molar-refractivity contribution in [2.75, 3.05) is 27.2 Å². The molecular weight excluding hydrogens is 260 g/mol. The van der Waals surface area contributed by atoms with Gasteiger partial charge in [0.25, 0.3) is 0 Å². The normalized spacial score (nSPS) is 10.8. The van der Waals surface area contributed by atoms with E-state index in [1.807, 2.05) is 38.1 Å². The van der Waals surface area contributed by atoms with Gasteiger partial charge in [0, 0.05) is 19.5 Å². The highest BCUT2D eigenvalue weighted by atomic mass is 16.4.